The molecule has 0 bridgehead atoms. The van der Waals surface area contributed by atoms with Gasteiger partial charge in [0.1, 0.15) is 6.33 Å². The molecule has 0 aliphatic carbocycles. The Morgan fingerprint density at radius 1 is 1.59 bits per heavy atom. The molecule has 0 unspecified atom stereocenters. The minimum Gasteiger partial charge on any atom is -0.395 e. The molecule has 1 aromatic heterocycles. The number of aliphatic hydroxyl groups is 1. The zero-order chi connectivity index (χ0) is 12.7. The Bertz CT molecular complexity index is 352. The fourth-order valence-corrected chi connectivity index (χ4v) is 1.37. The SMILES string of the molecule is CCCCN(CCO)C(=O)Nc1ncnn1C. The first-order valence-corrected chi connectivity index (χ1v) is 5.69. The number of amides is 2. The third kappa shape index (κ3) is 4.03. The van der Waals surface area contributed by atoms with E-state index in [1.807, 2.05) is 0 Å². The van der Waals surface area contributed by atoms with Gasteiger partial charge in [0.2, 0.25) is 5.95 Å². The van der Waals surface area contributed by atoms with E-state index in [0.717, 1.165) is 12.8 Å². The number of urea groups is 1. The minimum absolute atomic E-state index is 0.0457. The van der Waals surface area contributed by atoms with Crippen molar-refractivity contribution in [1.29, 1.82) is 0 Å². The summed E-state index contributed by atoms with van der Waals surface area (Å²) >= 11 is 0. The number of hydrogen-bond donors (Lipinski definition) is 2. The van der Waals surface area contributed by atoms with Crippen LogP contribution in [0.2, 0.25) is 0 Å². The predicted octanol–water partition coefficient (Wildman–Crippen LogP) is 0.441. The summed E-state index contributed by atoms with van der Waals surface area (Å²) in [5.41, 5.74) is 0. The maximum absolute atomic E-state index is 11.9. The van der Waals surface area contributed by atoms with Gasteiger partial charge in [-0.25, -0.2) is 9.48 Å². The molecule has 0 atom stereocenters. The Hall–Kier alpha value is -1.63. The van der Waals surface area contributed by atoms with Gasteiger partial charge in [-0.1, -0.05) is 13.3 Å². The number of hydrogen-bond acceptors (Lipinski definition) is 4. The summed E-state index contributed by atoms with van der Waals surface area (Å²) in [5.74, 6) is 0.398. The molecule has 0 aliphatic rings. The average molecular weight is 241 g/mol. The molecule has 0 aliphatic heterocycles. The van der Waals surface area contributed by atoms with Crippen molar-refractivity contribution < 1.29 is 9.90 Å². The molecule has 1 heterocycles. The van der Waals surface area contributed by atoms with Crippen LogP contribution in [0.1, 0.15) is 19.8 Å². The maximum atomic E-state index is 11.9. The number of anilines is 1. The number of unbranched alkanes of at least 4 members (excludes halogenated alkanes) is 1. The molecule has 0 saturated heterocycles. The summed E-state index contributed by atoms with van der Waals surface area (Å²) in [7, 11) is 1.70. The van der Waals surface area contributed by atoms with Crippen molar-refractivity contribution in [3.8, 4) is 0 Å². The lowest BCUT2D eigenvalue weighted by Crippen LogP contribution is -2.38. The van der Waals surface area contributed by atoms with E-state index in [0.29, 0.717) is 19.0 Å². The summed E-state index contributed by atoms with van der Waals surface area (Å²) in [6.07, 6.45) is 3.28. The quantitative estimate of drug-likeness (QED) is 0.757. The number of nitrogens with one attached hydrogen (secondary N) is 1. The van der Waals surface area contributed by atoms with Crippen molar-refractivity contribution in [2.24, 2.45) is 7.05 Å². The van der Waals surface area contributed by atoms with E-state index >= 15 is 0 Å². The first-order chi connectivity index (χ1) is 8.19. The van der Waals surface area contributed by atoms with Crippen LogP contribution in [0.5, 0.6) is 0 Å². The van der Waals surface area contributed by atoms with Crippen molar-refractivity contribution in [3.05, 3.63) is 6.33 Å². The van der Waals surface area contributed by atoms with E-state index < -0.39 is 0 Å². The highest BCUT2D eigenvalue weighted by molar-refractivity contribution is 5.87. The van der Waals surface area contributed by atoms with Crippen LogP contribution in [-0.4, -0.2) is 50.5 Å². The van der Waals surface area contributed by atoms with Crippen LogP contribution >= 0.6 is 0 Å². The average Bonchev–Trinajstić information content (AvgIpc) is 2.70. The Kier molecular flexibility index (Phi) is 5.41. The second-order valence-electron chi connectivity index (χ2n) is 3.70. The Morgan fingerprint density at radius 2 is 2.35 bits per heavy atom. The standard InChI is InChI=1S/C10H19N5O2/c1-3-4-5-15(6-7-16)10(17)13-9-11-8-12-14(9)2/h8,16H,3-7H2,1-2H3,(H,11,12,13,17). The second kappa shape index (κ2) is 6.85. The van der Waals surface area contributed by atoms with E-state index in [1.54, 1.807) is 11.9 Å². The van der Waals surface area contributed by atoms with Crippen LogP contribution in [0, 0.1) is 0 Å². The van der Waals surface area contributed by atoms with E-state index in [1.165, 1.54) is 11.0 Å². The predicted molar refractivity (Wildman–Crippen MR) is 63.6 cm³/mol. The van der Waals surface area contributed by atoms with Crippen LogP contribution in [0.3, 0.4) is 0 Å². The molecule has 0 spiro atoms. The molecule has 1 rings (SSSR count). The summed E-state index contributed by atoms with van der Waals surface area (Å²) < 4.78 is 1.48. The van der Waals surface area contributed by atoms with Gasteiger partial charge in [0, 0.05) is 20.1 Å². The zero-order valence-electron chi connectivity index (χ0n) is 10.3. The zero-order valence-corrected chi connectivity index (χ0v) is 10.3. The van der Waals surface area contributed by atoms with E-state index in [-0.39, 0.29) is 12.6 Å². The number of aliphatic hydroxyl groups excluding tert-OH is 1. The summed E-state index contributed by atoms with van der Waals surface area (Å²) in [4.78, 5) is 17.4. The fraction of sp³-hybridized carbons (Fsp3) is 0.700. The van der Waals surface area contributed by atoms with Gasteiger partial charge in [0.25, 0.3) is 0 Å². The van der Waals surface area contributed by atoms with Crippen molar-refractivity contribution in [1.82, 2.24) is 19.7 Å². The molecule has 2 N–H and O–H groups in total. The number of carbonyl (C=O) groups is 1. The highest BCUT2D eigenvalue weighted by atomic mass is 16.3. The molecule has 0 saturated carbocycles. The molecular formula is C10H19N5O2. The lowest BCUT2D eigenvalue weighted by molar-refractivity contribution is 0.187. The number of rotatable bonds is 6. The Morgan fingerprint density at radius 3 is 2.88 bits per heavy atom. The molecule has 17 heavy (non-hydrogen) atoms. The number of aryl methyl sites for hydroxylation is 1. The molecule has 0 fully saturated rings. The van der Waals surface area contributed by atoms with Crippen molar-refractivity contribution in [3.63, 3.8) is 0 Å². The number of nitrogens with zero attached hydrogens (tertiary/aromatic N) is 4. The van der Waals surface area contributed by atoms with Crippen molar-refractivity contribution in [2.45, 2.75) is 19.8 Å². The van der Waals surface area contributed by atoms with Crippen LogP contribution < -0.4 is 5.32 Å². The van der Waals surface area contributed by atoms with Crippen LogP contribution in [0.15, 0.2) is 6.33 Å². The van der Waals surface area contributed by atoms with Gasteiger partial charge in [-0.2, -0.15) is 10.1 Å². The van der Waals surface area contributed by atoms with E-state index in [9.17, 15) is 4.79 Å². The maximum Gasteiger partial charge on any atom is 0.324 e. The molecule has 0 aromatic carbocycles. The molecule has 7 heteroatoms. The normalized spacial score (nSPS) is 10.3. The molecule has 0 radical (unpaired) electrons. The molecule has 2 amide bonds. The Balaban J connectivity index is 2.55. The van der Waals surface area contributed by atoms with Gasteiger partial charge >= 0.3 is 6.03 Å². The van der Waals surface area contributed by atoms with Crippen LogP contribution in [-0.2, 0) is 7.05 Å². The molecular weight excluding hydrogens is 222 g/mol. The smallest absolute Gasteiger partial charge is 0.324 e. The summed E-state index contributed by atoms with van der Waals surface area (Å²) in [5, 5.41) is 15.4. The largest absolute Gasteiger partial charge is 0.395 e. The van der Waals surface area contributed by atoms with Gasteiger partial charge < -0.3 is 10.0 Å². The first-order valence-electron chi connectivity index (χ1n) is 5.69. The van der Waals surface area contributed by atoms with E-state index in [2.05, 4.69) is 22.3 Å². The van der Waals surface area contributed by atoms with Gasteiger partial charge in [-0.15, -0.1) is 0 Å². The summed E-state index contributed by atoms with van der Waals surface area (Å²) in [6, 6.07) is -0.261. The van der Waals surface area contributed by atoms with Gasteiger partial charge in [-0.3, -0.25) is 5.32 Å². The molecule has 1 aromatic rings. The second-order valence-corrected chi connectivity index (χ2v) is 3.70. The van der Waals surface area contributed by atoms with Gasteiger partial charge in [0.05, 0.1) is 6.61 Å². The summed E-state index contributed by atoms with van der Waals surface area (Å²) in [6.45, 7) is 2.96. The third-order valence-corrected chi connectivity index (χ3v) is 2.37. The first kappa shape index (κ1) is 13.4. The highest BCUT2D eigenvalue weighted by Gasteiger charge is 2.14. The Labute approximate surface area is 100 Å². The fourth-order valence-electron chi connectivity index (χ4n) is 1.37. The highest BCUT2D eigenvalue weighted by Crippen LogP contribution is 2.02. The minimum atomic E-state index is -0.261. The van der Waals surface area contributed by atoms with Crippen molar-refractivity contribution in [2.75, 3.05) is 25.0 Å². The van der Waals surface area contributed by atoms with Gasteiger partial charge in [0.15, 0.2) is 0 Å². The van der Waals surface area contributed by atoms with Crippen LogP contribution in [0.25, 0.3) is 0 Å². The lowest BCUT2D eigenvalue weighted by atomic mass is 10.3. The number of aromatic nitrogens is 3. The monoisotopic (exact) mass is 241 g/mol. The van der Waals surface area contributed by atoms with Gasteiger partial charge in [-0.05, 0) is 6.42 Å². The number of carbonyl (C=O) groups excluding carboxylic acids is 1. The lowest BCUT2D eigenvalue weighted by Gasteiger charge is -2.21. The van der Waals surface area contributed by atoms with Crippen molar-refractivity contribution >= 4 is 12.0 Å². The van der Waals surface area contributed by atoms with E-state index in [4.69, 9.17) is 5.11 Å². The topological polar surface area (TPSA) is 83.3 Å². The van der Waals surface area contributed by atoms with Crippen LogP contribution in [0.4, 0.5) is 10.7 Å². The molecule has 96 valence electrons. The molecule has 7 nitrogen and oxygen atoms in total. The third-order valence-electron chi connectivity index (χ3n) is 2.37.